The largest absolute Gasteiger partial charge is 0.365 e. The van der Waals surface area contributed by atoms with E-state index in [1.807, 2.05) is 6.07 Å². The average molecular weight is 494 g/mol. The van der Waals surface area contributed by atoms with E-state index in [4.69, 9.17) is 4.84 Å². The number of Topliss-reactive ketones (excluding diaryl/α,β-unsaturated/α-hetero) is 1. The van der Waals surface area contributed by atoms with Crippen LogP contribution in [0.15, 0.2) is 88.9 Å². The number of nitrogens with zero attached hydrogens (tertiary/aromatic N) is 1. The molecule has 0 aromatic heterocycles. The van der Waals surface area contributed by atoms with E-state index >= 15 is 0 Å². The van der Waals surface area contributed by atoms with Crippen LogP contribution in [0.5, 0.6) is 0 Å². The van der Waals surface area contributed by atoms with Crippen LogP contribution in [-0.4, -0.2) is 30.4 Å². The minimum atomic E-state index is -4.73. The van der Waals surface area contributed by atoms with Crippen molar-refractivity contribution in [1.29, 1.82) is 0 Å². The van der Waals surface area contributed by atoms with Crippen molar-refractivity contribution in [2.45, 2.75) is 43.9 Å². The quantitative estimate of drug-likeness (QED) is 0.0880. The lowest BCUT2D eigenvalue weighted by molar-refractivity contribution is 0.0514. The van der Waals surface area contributed by atoms with Gasteiger partial charge in [0.1, 0.15) is 10.6 Å². The maximum absolute atomic E-state index is 13.4. The maximum atomic E-state index is 13.4. The second kappa shape index (κ2) is 12.2. The molecule has 0 aliphatic rings. The highest BCUT2D eigenvalue weighted by molar-refractivity contribution is 7.86. The van der Waals surface area contributed by atoms with Crippen molar-refractivity contribution in [1.82, 2.24) is 0 Å². The van der Waals surface area contributed by atoms with E-state index in [1.165, 1.54) is 12.1 Å². The van der Waals surface area contributed by atoms with E-state index in [2.05, 4.69) is 12.1 Å². The molecule has 0 fully saturated rings. The lowest BCUT2D eigenvalue weighted by Crippen LogP contribution is -2.19. The molecule has 0 saturated carbocycles. The summed E-state index contributed by atoms with van der Waals surface area (Å²) in [5, 5.41) is 3.82. The summed E-state index contributed by atoms with van der Waals surface area (Å²) >= 11 is 0. The molecule has 35 heavy (non-hydrogen) atoms. The number of rotatable bonds is 11. The SMILES string of the molecule is CCCCCCC(=NOC(=O)c1ccccc1)C(=O)c1ccc(-c2ccccc2)cc1S(=O)(=O)O. The van der Waals surface area contributed by atoms with E-state index in [0.29, 0.717) is 12.0 Å². The summed E-state index contributed by atoms with van der Waals surface area (Å²) in [5.74, 6) is -1.46. The molecule has 0 aliphatic heterocycles. The van der Waals surface area contributed by atoms with Gasteiger partial charge in [0.2, 0.25) is 5.78 Å². The molecule has 3 aromatic rings. The molecule has 182 valence electrons. The molecule has 0 spiro atoms. The molecule has 0 radical (unpaired) electrons. The van der Waals surface area contributed by atoms with Crippen LogP contribution < -0.4 is 0 Å². The predicted octanol–water partition coefficient (Wildman–Crippen LogP) is 5.97. The molecule has 0 heterocycles. The third-order valence-electron chi connectivity index (χ3n) is 5.39. The highest BCUT2D eigenvalue weighted by Crippen LogP contribution is 2.26. The first-order valence-corrected chi connectivity index (χ1v) is 12.8. The van der Waals surface area contributed by atoms with Crippen LogP contribution in [0.25, 0.3) is 11.1 Å². The van der Waals surface area contributed by atoms with Gasteiger partial charge in [0.05, 0.1) is 5.56 Å². The zero-order valence-corrected chi connectivity index (χ0v) is 20.2. The third kappa shape index (κ3) is 7.18. The molecule has 3 aromatic carbocycles. The Kier molecular flexibility index (Phi) is 9.05. The molecular weight excluding hydrogens is 466 g/mol. The molecule has 0 amide bonds. The highest BCUT2D eigenvalue weighted by Gasteiger charge is 2.25. The molecule has 3 rings (SSSR count). The van der Waals surface area contributed by atoms with Gasteiger partial charge in [-0.2, -0.15) is 8.42 Å². The Morgan fingerprint density at radius 3 is 2.14 bits per heavy atom. The van der Waals surface area contributed by atoms with E-state index < -0.39 is 26.8 Å². The zero-order chi connectivity index (χ0) is 25.3. The van der Waals surface area contributed by atoms with Crippen molar-refractivity contribution in [2.24, 2.45) is 5.16 Å². The minimum absolute atomic E-state index is 0.0947. The number of unbranched alkanes of at least 4 members (excludes halogenated alkanes) is 3. The van der Waals surface area contributed by atoms with Crippen molar-refractivity contribution in [3.8, 4) is 11.1 Å². The summed E-state index contributed by atoms with van der Waals surface area (Å²) in [6.07, 6.45) is 3.55. The van der Waals surface area contributed by atoms with Crippen LogP contribution in [0.1, 0.15) is 59.7 Å². The Balaban J connectivity index is 1.96. The summed E-state index contributed by atoms with van der Waals surface area (Å²) < 4.78 is 34.3. The van der Waals surface area contributed by atoms with Gasteiger partial charge < -0.3 is 4.84 Å². The van der Waals surface area contributed by atoms with Crippen LogP contribution in [0.2, 0.25) is 0 Å². The Labute approximate surface area is 205 Å². The van der Waals surface area contributed by atoms with Crippen LogP contribution in [0, 0.1) is 0 Å². The Morgan fingerprint density at radius 2 is 1.51 bits per heavy atom. The molecule has 7 nitrogen and oxygen atoms in total. The maximum Gasteiger partial charge on any atom is 0.365 e. The van der Waals surface area contributed by atoms with Crippen molar-refractivity contribution in [2.75, 3.05) is 0 Å². The average Bonchev–Trinajstić information content (AvgIpc) is 2.88. The van der Waals surface area contributed by atoms with Gasteiger partial charge in [0.15, 0.2) is 0 Å². The molecule has 0 atom stereocenters. The lowest BCUT2D eigenvalue weighted by Gasteiger charge is -2.11. The van der Waals surface area contributed by atoms with Crippen molar-refractivity contribution in [3.63, 3.8) is 0 Å². The first kappa shape index (κ1) is 26.0. The highest BCUT2D eigenvalue weighted by atomic mass is 32.2. The third-order valence-corrected chi connectivity index (χ3v) is 6.28. The Hall–Kier alpha value is -3.62. The lowest BCUT2D eigenvalue weighted by atomic mass is 9.98. The summed E-state index contributed by atoms with van der Waals surface area (Å²) in [6.45, 7) is 2.05. The normalized spacial score (nSPS) is 11.8. The molecule has 8 heteroatoms. The molecule has 0 saturated heterocycles. The smallest absolute Gasteiger partial charge is 0.312 e. The number of carbonyl (C=O) groups is 2. The second-order valence-corrected chi connectivity index (χ2v) is 9.36. The van der Waals surface area contributed by atoms with Gasteiger partial charge in [-0.25, -0.2) is 4.79 Å². The van der Waals surface area contributed by atoms with Crippen molar-refractivity contribution >= 4 is 27.6 Å². The van der Waals surface area contributed by atoms with Crippen LogP contribution in [-0.2, 0) is 15.0 Å². The number of benzene rings is 3. The van der Waals surface area contributed by atoms with Crippen molar-refractivity contribution in [3.05, 3.63) is 90.0 Å². The van der Waals surface area contributed by atoms with Crippen LogP contribution >= 0.6 is 0 Å². The second-order valence-electron chi connectivity index (χ2n) is 7.97. The summed E-state index contributed by atoms with van der Waals surface area (Å²) in [5.41, 5.74) is 1.17. The van der Waals surface area contributed by atoms with Gasteiger partial charge in [-0.3, -0.25) is 9.35 Å². The van der Waals surface area contributed by atoms with Gasteiger partial charge in [0.25, 0.3) is 10.1 Å². The fourth-order valence-electron chi connectivity index (χ4n) is 3.53. The number of carbonyl (C=O) groups excluding carboxylic acids is 2. The topological polar surface area (TPSA) is 110 Å². The van der Waals surface area contributed by atoms with E-state index in [1.54, 1.807) is 60.7 Å². The number of oxime groups is 1. The van der Waals surface area contributed by atoms with Gasteiger partial charge >= 0.3 is 5.97 Å². The van der Waals surface area contributed by atoms with Gasteiger partial charge in [-0.1, -0.05) is 85.9 Å². The first-order chi connectivity index (χ1) is 16.8. The monoisotopic (exact) mass is 493 g/mol. The molecular formula is C27H27NO6S. The first-order valence-electron chi connectivity index (χ1n) is 11.4. The fraction of sp³-hybridized carbons (Fsp3) is 0.222. The van der Waals surface area contributed by atoms with Crippen molar-refractivity contribution < 1.29 is 27.4 Å². The minimum Gasteiger partial charge on any atom is -0.312 e. The van der Waals surface area contributed by atoms with E-state index in [-0.39, 0.29) is 23.3 Å². The molecule has 0 unspecified atom stereocenters. The molecule has 1 N–H and O–H groups in total. The van der Waals surface area contributed by atoms with Gasteiger partial charge in [-0.15, -0.1) is 0 Å². The van der Waals surface area contributed by atoms with E-state index in [9.17, 15) is 22.6 Å². The van der Waals surface area contributed by atoms with Crippen LogP contribution in [0.3, 0.4) is 0 Å². The molecule has 0 bridgehead atoms. The number of ketones is 1. The number of hydrogen-bond donors (Lipinski definition) is 1. The van der Waals surface area contributed by atoms with Crippen LogP contribution in [0.4, 0.5) is 0 Å². The summed E-state index contributed by atoms with van der Waals surface area (Å²) in [4.78, 5) is 30.2. The van der Waals surface area contributed by atoms with Gasteiger partial charge in [0, 0.05) is 5.56 Å². The van der Waals surface area contributed by atoms with Gasteiger partial charge in [-0.05, 0) is 48.2 Å². The molecule has 0 aliphatic carbocycles. The number of hydrogen-bond acceptors (Lipinski definition) is 6. The predicted molar refractivity (Wildman–Crippen MR) is 134 cm³/mol. The Bertz CT molecular complexity index is 1300. The Morgan fingerprint density at radius 1 is 0.857 bits per heavy atom. The summed E-state index contributed by atoms with van der Waals surface area (Å²) in [7, 11) is -4.73. The fourth-order valence-corrected chi connectivity index (χ4v) is 4.25. The zero-order valence-electron chi connectivity index (χ0n) is 19.4. The summed E-state index contributed by atoms with van der Waals surface area (Å²) in [6, 6.07) is 21.4. The standard InChI is InChI=1S/C27H27NO6S/c1-2-3-4-11-16-24(28-34-27(30)21-14-9-6-10-15-21)26(29)23-18-17-22(19-25(23)35(31,32)33)20-12-7-5-8-13-20/h5-10,12-15,17-19H,2-4,11,16H2,1H3,(H,31,32,33). The van der Waals surface area contributed by atoms with E-state index in [0.717, 1.165) is 24.8 Å².